The molecule has 44 heavy (non-hydrogen) atoms. The molecule has 6 rings (SSSR count). The molecule has 1 N–H and O–H groups in total. The van der Waals surface area contributed by atoms with Gasteiger partial charge in [-0.25, -0.2) is 14.1 Å². The maximum atomic E-state index is 14.3. The summed E-state index contributed by atoms with van der Waals surface area (Å²) in [4.78, 5) is 35.8. The van der Waals surface area contributed by atoms with Crippen molar-refractivity contribution in [2.75, 3.05) is 5.32 Å². The van der Waals surface area contributed by atoms with E-state index in [0.717, 1.165) is 0 Å². The minimum absolute atomic E-state index is 0.177. The second-order valence-electron chi connectivity index (χ2n) is 10.7. The summed E-state index contributed by atoms with van der Waals surface area (Å²) in [5, 5.41) is 7.02. The fourth-order valence-corrected chi connectivity index (χ4v) is 5.62. The fraction of sp³-hybridized carbons (Fsp3) is 0.219. The molecule has 1 aliphatic rings. The summed E-state index contributed by atoms with van der Waals surface area (Å²) in [6.07, 6.45) is 7.20. The zero-order valence-corrected chi connectivity index (χ0v) is 24.2. The molecule has 224 valence electrons. The van der Waals surface area contributed by atoms with Gasteiger partial charge in [0.15, 0.2) is 0 Å². The summed E-state index contributed by atoms with van der Waals surface area (Å²) in [5.74, 6) is -0.956. The molecule has 0 saturated heterocycles. The predicted molar refractivity (Wildman–Crippen MR) is 161 cm³/mol. The number of hydrogen-bond acceptors (Lipinski definition) is 5. The van der Waals surface area contributed by atoms with Gasteiger partial charge in [0, 0.05) is 51.8 Å². The number of carbonyl (C=O) groups excluding carboxylic acids is 1. The topological polar surface area (TPSA) is 94.7 Å². The van der Waals surface area contributed by atoms with E-state index in [2.05, 4.69) is 20.4 Å². The van der Waals surface area contributed by atoms with Crippen LogP contribution in [0.3, 0.4) is 0 Å². The van der Waals surface area contributed by atoms with Crippen molar-refractivity contribution in [1.82, 2.24) is 24.3 Å². The van der Waals surface area contributed by atoms with Crippen molar-refractivity contribution in [3.05, 3.63) is 106 Å². The minimum atomic E-state index is -2.80. The van der Waals surface area contributed by atoms with Crippen LogP contribution in [0.15, 0.2) is 84.3 Å². The summed E-state index contributed by atoms with van der Waals surface area (Å²) in [6, 6.07) is 13.4. The van der Waals surface area contributed by atoms with E-state index in [0.29, 0.717) is 73.9 Å². The van der Waals surface area contributed by atoms with Gasteiger partial charge in [0.2, 0.25) is 5.91 Å². The van der Waals surface area contributed by atoms with Crippen molar-refractivity contribution in [3.8, 4) is 33.5 Å². The molecular weight excluding hydrogens is 593 g/mol. The van der Waals surface area contributed by atoms with E-state index in [-0.39, 0.29) is 17.4 Å². The predicted octanol–water partition coefficient (Wildman–Crippen LogP) is 7.37. The molecule has 2 atom stereocenters. The zero-order chi connectivity index (χ0) is 31.0. The molecule has 1 aliphatic heterocycles. The molecule has 1 amide bonds. The Morgan fingerprint density at radius 1 is 0.955 bits per heavy atom. The first-order chi connectivity index (χ1) is 21.2. The van der Waals surface area contributed by atoms with E-state index >= 15 is 0 Å². The van der Waals surface area contributed by atoms with Crippen LogP contribution in [0.4, 0.5) is 18.9 Å². The lowest BCUT2D eigenvalue weighted by Gasteiger charge is -2.23. The first-order valence-corrected chi connectivity index (χ1v) is 14.3. The molecule has 5 aromatic rings. The van der Waals surface area contributed by atoms with Crippen molar-refractivity contribution in [1.29, 1.82) is 0 Å². The molecule has 0 unspecified atom stereocenters. The van der Waals surface area contributed by atoms with E-state index in [9.17, 15) is 22.8 Å². The Kier molecular flexibility index (Phi) is 8.05. The highest BCUT2D eigenvalue weighted by molar-refractivity contribution is 6.31. The first-order valence-electron chi connectivity index (χ1n) is 14.0. The van der Waals surface area contributed by atoms with Gasteiger partial charge in [0.1, 0.15) is 5.82 Å². The largest absolute Gasteiger partial charge is 0.333 e. The highest BCUT2D eigenvalue weighted by atomic mass is 35.5. The lowest BCUT2D eigenvalue weighted by molar-refractivity contribution is -0.119. The fourth-order valence-electron chi connectivity index (χ4n) is 5.45. The number of fused-ring (bicyclic) bond motifs is 4. The molecule has 2 bridgehead atoms. The van der Waals surface area contributed by atoms with Gasteiger partial charge < -0.3 is 5.32 Å². The molecule has 0 fully saturated rings. The quantitative estimate of drug-likeness (QED) is 0.227. The van der Waals surface area contributed by atoms with Gasteiger partial charge in [-0.05, 0) is 66.4 Å². The zero-order valence-electron chi connectivity index (χ0n) is 23.4. The third-order valence-corrected chi connectivity index (χ3v) is 8.01. The van der Waals surface area contributed by atoms with Gasteiger partial charge in [-0.2, -0.15) is 13.9 Å². The Morgan fingerprint density at radius 3 is 2.57 bits per heavy atom. The number of rotatable bonds is 4. The minimum Gasteiger partial charge on any atom is -0.325 e. The maximum Gasteiger partial charge on any atom is 0.333 e. The van der Waals surface area contributed by atoms with Crippen molar-refractivity contribution in [2.45, 2.75) is 38.8 Å². The van der Waals surface area contributed by atoms with E-state index < -0.39 is 18.4 Å². The standard InChI is InChI=1S/C32H26ClF3N6O2/c1-18-3-2-4-29(28-11-19(9-10-37-28)24-13-22(34)6-8-26(24)40-31(18)44)41-17-38-27(14-30(41)43)25-12-21(33)5-7-23(25)20-15-39-42(16-20)32(35)36/h5-18,29,32H,2-4H2,1H3,(H,40,44)/t18-,29+/m1/s1. The molecular formula is C32H26ClF3N6O2. The van der Waals surface area contributed by atoms with E-state index in [4.69, 9.17) is 11.6 Å². The van der Waals surface area contributed by atoms with Gasteiger partial charge in [0.05, 0.1) is 30.0 Å². The summed E-state index contributed by atoms with van der Waals surface area (Å²) in [5.41, 5.74) is 3.56. The Bertz CT molecular complexity index is 1920. The molecule has 4 heterocycles. The maximum absolute atomic E-state index is 14.3. The molecule has 0 spiro atoms. The number of halogens is 4. The number of aromatic nitrogens is 5. The monoisotopic (exact) mass is 618 g/mol. The number of pyridine rings is 1. The number of benzene rings is 2. The van der Waals surface area contributed by atoms with Crippen LogP contribution in [0.1, 0.15) is 44.5 Å². The van der Waals surface area contributed by atoms with Gasteiger partial charge in [-0.15, -0.1) is 0 Å². The van der Waals surface area contributed by atoms with Crippen LogP contribution in [0, 0.1) is 11.7 Å². The van der Waals surface area contributed by atoms with Crippen LogP contribution in [0.2, 0.25) is 5.02 Å². The number of alkyl halides is 2. The van der Waals surface area contributed by atoms with Crippen molar-refractivity contribution in [2.24, 2.45) is 5.92 Å². The van der Waals surface area contributed by atoms with Crippen LogP contribution in [-0.2, 0) is 4.79 Å². The highest BCUT2D eigenvalue weighted by Gasteiger charge is 2.23. The molecule has 3 aromatic heterocycles. The molecule has 2 aromatic carbocycles. The first kappa shape index (κ1) is 29.3. The van der Waals surface area contributed by atoms with Crippen molar-refractivity contribution in [3.63, 3.8) is 0 Å². The van der Waals surface area contributed by atoms with Crippen LogP contribution in [0.5, 0.6) is 0 Å². The third kappa shape index (κ3) is 5.87. The summed E-state index contributed by atoms with van der Waals surface area (Å²) in [6.45, 7) is -0.975. The van der Waals surface area contributed by atoms with Crippen LogP contribution >= 0.6 is 11.6 Å². The Balaban J connectivity index is 1.43. The molecule has 0 radical (unpaired) electrons. The van der Waals surface area contributed by atoms with Gasteiger partial charge >= 0.3 is 6.55 Å². The Morgan fingerprint density at radius 2 is 1.80 bits per heavy atom. The summed E-state index contributed by atoms with van der Waals surface area (Å²) in [7, 11) is 0. The number of amides is 1. The normalized spacial score (nSPS) is 17.0. The summed E-state index contributed by atoms with van der Waals surface area (Å²) >= 11 is 6.28. The van der Waals surface area contributed by atoms with Gasteiger partial charge in [-0.1, -0.05) is 31.0 Å². The average Bonchev–Trinajstić information content (AvgIpc) is 3.51. The van der Waals surface area contributed by atoms with Gasteiger partial charge in [-0.3, -0.25) is 19.1 Å². The molecule has 0 saturated carbocycles. The third-order valence-electron chi connectivity index (χ3n) is 7.78. The lowest BCUT2D eigenvalue weighted by atomic mass is 9.95. The SMILES string of the molecule is C[C@@H]1CCC[C@H](n2cnc(-c3cc(Cl)ccc3-c3cnn(C(F)F)c3)cc2=O)c2cc(ccn2)-c2cc(F)ccc2NC1=O. The van der Waals surface area contributed by atoms with Crippen molar-refractivity contribution >= 4 is 23.2 Å². The number of carbonyl (C=O) groups is 1. The Labute approximate surface area is 255 Å². The number of hydrogen-bond donors (Lipinski definition) is 1. The number of nitrogens with zero attached hydrogens (tertiary/aromatic N) is 5. The highest BCUT2D eigenvalue weighted by Crippen LogP contribution is 2.35. The van der Waals surface area contributed by atoms with Crippen molar-refractivity contribution < 1.29 is 18.0 Å². The summed E-state index contributed by atoms with van der Waals surface area (Å²) < 4.78 is 42.7. The van der Waals surface area contributed by atoms with Gasteiger partial charge in [0.25, 0.3) is 5.56 Å². The molecule has 12 heteroatoms. The number of anilines is 1. The Hall–Kier alpha value is -4.77. The van der Waals surface area contributed by atoms with Crippen LogP contribution in [-0.4, -0.2) is 30.2 Å². The second-order valence-corrected chi connectivity index (χ2v) is 11.1. The lowest BCUT2D eigenvalue weighted by Crippen LogP contribution is -2.27. The van der Waals surface area contributed by atoms with E-state index in [1.54, 1.807) is 36.5 Å². The molecule has 0 aliphatic carbocycles. The van der Waals surface area contributed by atoms with E-state index in [1.165, 1.54) is 47.6 Å². The van der Waals surface area contributed by atoms with E-state index in [1.807, 2.05) is 6.92 Å². The smallest absolute Gasteiger partial charge is 0.325 e. The number of nitrogens with one attached hydrogen (secondary N) is 1. The van der Waals surface area contributed by atoms with Crippen LogP contribution in [0.25, 0.3) is 33.5 Å². The second kappa shape index (κ2) is 12.1. The average molecular weight is 619 g/mol. The molecule has 8 nitrogen and oxygen atoms in total. The van der Waals surface area contributed by atoms with Crippen LogP contribution < -0.4 is 10.9 Å².